The summed E-state index contributed by atoms with van der Waals surface area (Å²) < 4.78 is 0. The van der Waals surface area contributed by atoms with Crippen molar-refractivity contribution in [2.24, 2.45) is 17.6 Å². The number of nitrogens with two attached hydrogens (primary N) is 1. The predicted octanol–water partition coefficient (Wildman–Crippen LogP) is 4.60. The van der Waals surface area contributed by atoms with E-state index >= 15 is 0 Å². The zero-order chi connectivity index (χ0) is 17.6. The van der Waals surface area contributed by atoms with Gasteiger partial charge in [0.25, 0.3) is 0 Å². The summed E-state index contributed by atoms with van der Waals surface area (Å²) in [7, 11) is 0. The Morgan fingerprint density at radius 1 is 1.08 bits per heavy atom. The van der Waals surface area contributed by atoms with E-state index in [0.717, 1.165) is 30.6 Å². The molecule has 1 aliphatic rings. The van der Waals surface area contributed by atoms with E-state index in [1.54, 1.807) is 0 Å². The summed E-state index contributed by atoms with van der Waals surface area (Å²) in [6.45, 7) is 2.73. The van der Waals surface area contributed by atoms with E-state index in [9.17, 15) is 4.79 Å². The summed E-state index contributed by atoms with van der Waals surface area (Å²) in [6, 6.07) is 18.5. The highest BCUT2D eigenvalue weighted by molar-refractivity contribution is 5.93. The van der Waals surface area contributed by atoms with Gasteiger partial charge in [-0.15, -0.1) is 12.4 Å². The fourth-order valence-corrected chi connectivity index (χ4v) is 3.62. The number of carbonyl (C=O) groups excluding carboxylic acids is 1. The van der Waals surface area contributed by atoms with Gasteiger partial charge in [-0.3, -0.25) is 4.79 Å². The van der Waals surface area contributed by atoms with Crippen molar-refractivity contribution >= 4 is 29.7 Å². The minimum Gasteiger partial charge on any atom is -0.379 e. The molecule has 3 atom stereocenters. The Morgan fingerprint density at radius 2 is 1.73 bits per heavy atom. The number of benzene rings is 2. The van der Waals surface area contributed by atoms with Crippen LogP contribution in [-0.4, -0.2) is 12.5 Å². The molecule has 0 spiro atoms. The Morgan fingerprint density at radius 3 is 2.38 bits per heavy atom. The third-order valence-corrected chi connectivity index (χ3v) is 5.13. The summed E-state index contributed by atoms with van der Waals surface area (Å²) in [5, 5.41) is 6.52. The highest BCUT2D eigenvalue weighted by Crippen LogP contribution is 2.32. The van der Waals surface area contributed by atoms with E-state index in [4.69, 9.17) is 5.73 Å². The molecule has 2 aromatic carbocycles. The number of hydrogen-bond acceptors (Lipinski definition) is 3. The number of halogens is 1. The van der Waals surface area contributed by atoms with Gasteiger partial charge in [-0.05, 0) is 62.1 Å². The highest BCUT2D eigenvalue weighted by Gasteiger charge is 2.31. The molecule has 0 radical (unpaired) electrons. The molecule has 1 amide bonds. The van der Waals surface area contributed by atoms with E-state index in [1.165, 1.54) is 5.56 Å². The zero-order valence-corrected chi connectivity index (χ0v) is 16.0. The lowest BCUT2D eigenvalue weighted by atomic mass is 9.95. The van der Waals surface area contributed by atoms with Crippen LogP contribution in [0.3, 0.4) is 0 Å². The lowest BCUT2D eigenvalue weighted by molar-refractivity contribution is -0.120. The van der Waals surface area contributed by atoms with Gasteiger partial charge in [0.1, 0.15) is 0 Å². The number of hydrogen-bond donors (Lipinski definition) is 3. The highest BCUT2D eigenvalue weighted by atomic mass is 35.5. The van der Waals surface area contributed by atoms with E-state index in [0.29, 0.717) is 12.5 Å². The maximum atomic E-state index is 12.4. The van der Waals surface area contributed by atoms with Gasteiger partial charge in [-0.25, -0.2) is 0 Å². The van der Waals surface area contributed by atoms with E-state index in [2.05, 4.69) is 29.7 Å². The summed E-state index contributed by atoms with van der Waals surface area (Å²) in [5.41, 5.74) is 8.90. The van der Waals surface area contributed by atoms with Crippen LogP contribution in [0.4, 0.5) is 11.4 Å². The summed E-state index contributed by atoms with van der Waals surface area (Å²) in [5.74, 6) is 0.486. The van der Waals surface area contributed by atoms with Crippen LogP contribution < -0.4 is 16.4 Å². The van der Waals surface area contributed by atoms with Crippen molar-refractivity contribution < 1.29 is 4.79 Å². The third-order valence-electron chi connectivity index (χ3n) is 5.13. The van der Waals surface area contributed by atoms with Gasteiger partial charge in [0, 0.05) is 23.3 Å². The molecule has 0 saturated heterocycles. The molecule has 0 bridgehead atoms. The monoisotopic (exact) mass is 373 g/mol. The lowest BCUT2D eigenvalue weighted by Crippen LogP contribution is -2.29. The molecule has 1 unspecified atom stereocenters. The fourth-order valence-electron chi connectivity index (χ4n) is 3.62. The number of rotatable bonds is 6. The first-order chi connectivity index (χ1) is 12.2. The molecule has 1 fully saturated rings. The fraction of sp³-hybridized carbons (Fsp3) is 0.381. The zero-order valence-electron chi connectivity index (χ0n) is 15.2. The molecule has 4 nitrogen and oxygen atoms in total. The van der Waals surface area contributed by atoms with Gasteiger partial charge >= 0.3 is 0 Å². The van der Waals surface area contributed by atoms with E-state index < -0.39 is 0 Å². The molecule has 1 aliphatic carbocycles. The quantitative estimate of drug-likeness (QED) is 0.693. The molecule has 0 heterocycles. The van der Waals surface area contributed by atoms with Gasteiger partial charge in [0.05, 0.1) is 0 Å². The maximum Gasteiger partial charge on any atom is 0.227 e. The maximum absolute atomic E-state index is 12.4. The molecular formula is C21H28ClN3O. The van der Waals surface area contributed by atoms with Gasteiger partial charge in [-0.2, -0.15) is 0 Å². The van der Waals surface area contributed by atoms with Crippen molar-refractivity contribution in [3.05, 3.63) is 60.2 Å². The minimum atomic E-state index is 0. The second-order valence-corrected chi connectivity index (χ2v) is 6.88. The summed E-state index contributed by atoms with van der Waals surface area (Å²) in [6.07, 6.45) is 3.11. The molecule has 0 aromatic heterocycles. The van der Waals surface area contributed by atoms with Crippen molar-refractivity contribution in [1.29, 1.82) is 0 Å². The topological polar surface area (TPSA) is 67.1 Å². The van der Waals surface area contributed by atoms with Crippen LogP contribution in [0.25, 0.3) is 0 Å². The van der Waals surface area contributed by atoms with Crippen LogP contribution in [0.2, 0.25) is 0 Å². The average Bonchev–Trinajstić information content (AvgIpc) is 3.13. The molecule has 0 aliphatic heterocycles. The Hall–Kier alpha value is -2.04. The van der Waals surface area contributed by atoms with Gasteiger partial charge in [-0.1, -0.05) is 36.8 Å². The van der Waals surface area contributed by atoms with Crippen LogP contribution in [-0.2, 0) is 4.79 Å². The first-order valence-corrected chi connectivity index (χ1v) is 9.10. The number of anilines is 2. The van der Waals surface area contributed by atoms with Crippen LogP contribution in [0, 0.1) is 11.8 Å². The van der Waals surface area contributed by atoms with Crippen molar-refractivity contribution in [1.82, 2.24) is 0 Å². The van der Waals surface area contributed by atoms with Crippen LogP contribution in [0.1, 0.15) is 37.8 Å². The Balaban J connectivity index is 0.00000243. The Labute approximate surface area is 162 Å². The molecule has 3 rings (SSSR count). The van der Waals surface area contributed by atoms with Gasteiger partial charge in [0.2, 0.25) is 5.91 Å². The SMILES string of the molecule is CC(Nc1ccc(NC(=O)[C@@H]2CCC[C@@H]2CN)cc1)c1ccccc1.Cl. The van der Waals surface area contributed by atoms with Crippen LogP contribution in [0.5, 0.6) is 0 Å². The predicted molar refractivity (Wildman–Crippen MR) is 111 cm³/mol. The lowest BCUT2D eigenvalue weighted by Gasteiger charge is -2.18. The first-order valence-electron chi connectivity index (χ1n) is 9.10. The van der Waals surface area contributed by atoms with Gasteiger partial charge < -0.3 is 16.4 Å². The first kappa shape index (κ1) is 20.3. The minimum absolute atomic E-state index is 0. The standard InChI is InChI=1S/C21H27N3O.ClH/c1-15(16-6-3-2-4-7-16)23-18-10-12-19(13-11-18)24-21(25)20-9-5-8-17(20)14-22;/h2-4,6-7,10-13,15,17,20,23H,5,8-9,14,22H2,1H3,(H,24,25);1H/t15?,17-,20-;/m1./s1. The Bertz CT molecular complexity index is 690. The smallest absolute Gasteiger partial charge is 0.227 e. The van der Waals surface area contributed by atoms with Gasteiger partial charge in [0.15, 0.2) is 0 Å². The second-order valence-electron chi connectivity index (χ2n) is 6.88. The number of amides is 1. The number of carbonyl (C=O) groups is 1. The number of nitrogens with one attached hydrogen (secondary N) is 2. The third kappa shape index (κ3) is 4.99. The molecular weight excluding hydrogens is 346 g/mol. The summed E-state index contributed by atoms with van der Waals surface area (Å²) in [4.78, 5) is 12.4. The van der Waals surface area contributed by atoms with E-state index in [1.807, 2.05) is 42.5 Å². The largest absolute Gasteiger partial charge is 0.379 e. The van der Waals surface area contributed by atoms with Crippen LogP contribution >= 0.6 is 12.4 Å². The molecule has 1 saturated carbocycles. The molecule has 5 heteroatoms. The van der Waals surface area contributed by atoms with Crippen molar-refractivity contribution in [2.75, 3.05) is 17.2 Å². The van der Waals surface area contributed by atoms with Crippen molar-refractivity contribution in [3.8, 4) is 0 Å². The molecule has 26 heavy (non-hydrogen) atoms. The normalized spacial score (nSPS) is 20.1. The Kier molecular flexibility index (Phi) is 7.49. The molecule has 140 valence electrons. The van der Waals surface area contributed by atoms with E-state index in [-0.39, 0.29) is 30.3 Å². The molecule has 2 aromatic rings. The second kappa shape index (κ2) is 9.60. The van der Waals surface area contributed by atoms with Crippen molar-refractivity contribution in [2.45, 2.75) is 32.2 Å². The average molecular weight is 374 g/mol. The molecule has 4 N–H and O–H groups in total. The summed E-state index contributed by atoms with van der Waals surface area (Å²) >= 11 is 0. The van der Waals surface area contributed by atoms with Crippen molar-refractivity contribution in [3.63, 3.8) is 0 Å². The van der Waals surface area contributed by atoms with Crippen LogP contribution in [0.15, 0.2) is 54.6 Å².